The maximum absolute atomic E-state index is 12.1. The van der Waals surface area contributed by atoms with Crippen LogP contribution in [-0.2, 0) is 4.79 Å². The van der Waals surface area contributed by atoms with Gasteiger partial charge in [0, 0.05) is 24.7 Å². The first-order chi connectivity index (χ1) is 9.61. The van der Waals surface area contributed by atoms with Crippen LogP contribution in [0.3, 0.4) is 0 Å². The zero-order chi connectivity index (χ0) is 14.5. The maximum Gasteiger partial charge on any atom is 0.260 e. The van der Waals surface area contributed by atoms with Gasteiger partial charge in [0.05, 0.1) is 0 Å². The fraction of sp³-hybridized carbons (Fsp3) is 0.467. The van der Waals surface area contributed by atoms with Gasteiger partial charge in [-0.15, -0.1) is 0 Å². The number of Topliss-reactive ketones (excluding diaryl/α,β-unsaturated/α-hetero) is 1. The molecule has 108 valence electrons. The van der Waals surface area contributed by atoms with Crippen LogP contribution in [0.4, 0.5) is 0 Å². The van der Waals surface area contributed by atoms with E-state index in [1.807, 2.05) is 0 Å². The quantitative estimate of drug-likeness (QED) is 0.821. The Hall–Kier alpha value is -1.88. The number of ether oxygens (including phenoxy) is 1. The van der Waals surface area contributed by atoms with Crippen molar-refractivity contribution in [2.45, 2.75) is 25.8 Å². The standard InChI is InChI=1S/C15H20N2O3/c1-11(18)12-4-2-6-14(8-12)20-10-15(19)17-7-3-5-13(17)9-16/h2,4,6,8,13H,3,5,7,9-10,16H2,1H3. The van der Waals surface area contributed by atoms with Crippen molar-refractivity contribution in [2.24, 2.45) is 5.73 Å². The molecule has 0 aliphatic carbocycles. The molecule has 1 unspecified atom stereocenters. The van der Waals surface area contributed by atoms with Gasteiger partial charge in [-0.3, -0.25) is 9.59 Å². The zero-order valence-corrected chi connectivity index (χ0v) is 11.7. The lowest BCUT2D eigenvalue weighted by molar-refractivity contribution is -0.134. The van der Waals surface area contributed by atoms with Crippen molar-refractivity contribution < 1.29 is 14.3 Å². The topological polar surface area (TPSA) is 72.6 Å². The second-order valence-corrected chi connectivity index (χ2v) is 4.99. The van der Waals surface area contributed by atoms with E-state index in [-0.39, 0.29) is 24.3 Å². The fourth-order valence-corrected chi connectivity index (χ4v) is 2.44. The average molecular weight is 276 g/mol. The molecule has 1 amide bonds. The molecule has 1 aliphatic rings. The Morgan fingerprint density at radius 3 is 2.95 bits per heavy atom. The van der Waals surface area contributed by atoms with Crippen molar-refractivity contribution in [3.63, 3.8) is 0 Å². The zero-order valence-electron chi connectivity index (χ0n) is 11.7. The number of ketones is 1. The van der Waals surface area contributed by atoms with E-state index in [1.165, 1.54) is 6.92 Å². The highest BCUT2D eigenvalue weighted by Crippen LogP contribution is 2.18. The van der Waals surface area contributed by atoms with E-state index < -0.39 is 0 Å². The third kappa shape index (κ3) is 3.36. The molecule has 0 saturated carbocycles. The van der Waals surface area contributed by atoms with Gasteiger partial charge in [-0.2, -0.15) is 0 Å². The van der Waals surface area contributed by atoms with Gasteiger partial charge in [0.1, 0.15) is 5.75 Å². The predicted molar refractivity (Wildman–Crippen MR) is 75.7 cm³/mol. The summed E-state index contributed by atoms with van der Waals surface area (Å²) in [7, 11) is 0. The second-order valence-electron chi connectivity index (χ2n) is 4.99. The van der Waals surface area contributed by atoms with E-state index in [0.717, 1.165) is 19.4 Å². The van der Waals surface area contributed by atoms with Crippen LogP contribution < -0.4 is 10.5 Å². The van der Waals surface area contributed by atoms with E-state index in [0.29, 0.717) is 17.9 Å². The lowest BCUT2D eigenvalue weighted by Crippen LogP contribution is -2.42. The van der Waals surface area contributed by atoms with Gasteiger partial charge < -0.3 is 15.4 Å². The third-order valence-corrected chi connectivity index (χ3v) is 3.57. The van der Waals surface area contributed by atoms with Crippen LogP contribution in [0.1, 0.15) is 30.1 Å². The monoisotopic (exact) mass is 276 g/mol. The highest BCUT2D eigenvalue weighted by Gasteiger charge is 2.27. The van der Waals surface area contributed by atoms with Crippen molar-refractivity contribution >= 4 is 11.7 Å². The minimum absolute atomic E-state index is 0.0160. The molecule has 1 heterocycles. The molecule has 2 rings (SSSR count). The molecule has 1 atom stereocenters. The average Bonchev–Trinajstić information content (AvgIpc) is 2.93. The Bertz CT molecular complexity index is 502. The van der Waals surface area contributed by atoms with Crippen molar-refractivity contribution in [3.8, 4) is 5.75 Å². The van der Waals surface area contributed by atoms with Gasteiger partial charge >= 0.3 is 0 Å². The molecule has 1 aromatic carbocycles. The van der Waals surface area contributed by atoms with E-state index in [9.17, 15) is 9.59 Å². The normalized spacial score (nSPS) is 18.1. The molecular formula is C15H20N2O3. The van der Waals surface area contributed by atoms with Gasteiger partial charge in [-0.1, -0.05) is 12.1 Å². The number of nitrogens with two attached hydrogens (primary N) is 1. The molecule has 5 nitrogen and oxygen atoms in total. The SMILES string of the molecule is CC(=O)c1cccc(OCC(=O)N2CCCC2CN)c1. The second kappa shape index (κ2) is 6.52. The molecule has 0 bridgehead atoms. The molecule has 5 heteroatoms. The fourth-order valence-electron chi connectivity index (χ4n) is 2.44. The van der Waals surface area contributed by atoms with Gasteiger partial charge in [0.2, 0.25) is 0 Å². The maximum atomic E-state index is 12.1. The van der Waals surface area contributed by atoms with Gasteiger partial charge in [-0.05, 0) is 31.9 Å². The number of rotatable bonds is 5. The van der Waals surface area contributed by atoms with Crippen LogP contribution in [0.2, 0.25) is 0 Å². The summed E-state index contributed by atoms with van der Waals surface area (Å²) in [5.41, 5.74) is 6.23. The number of benzene rings is 1. The summed E-state index contributed by atoms with van der Waals surface area (Å²) in [5, 5.41) is 0. The smallest absolute Gasteiger partial charge is 0.260 e. The van der Waals surface area contributed by atoms with E-state index >= 15 is 0 Å². The summed E-state index contributed by atoms with van der Waals surface area (Å²) < 4.78 is 5.48. The molecule has 0 radical (unpaired) electrons. The molecule has 1 fully saturated rings. The van der Waals surface area contributed by atoms with Crippen LogP contribution in [0.15, 0.2) is 24.3 Å². The molecule has 1 saturated heterocycles. The number of carbonyl (C=O) groups is 2. The Balaban J connectivity index is 1.93. The Labute approximate surface area is 118 Å². The summed E-state index contributed by atoms with van der Waals surface area (Å²) in [6.07, 6.45) is 1.95. The number of likely N-dealkylation sites (tertiary alicyclic amines) is 1. The summed E-state index contributed by atoms with van der Waals surface area (Å²) in [6.45, 7) is 2.72. The predicted octanol–water partition coefficient (Wildman–Crippen LogP) is 1.22. The number of carbonyl (C=O) groups excluding carboxylic acids is 2. The first-order valence-electron chi connectivity index (χ1n) is 6.85. The lowest BCUT2D eigenvalue weighted by atomic mass is 10.1. The minimum atomic E-state index is -0.0498. The summed E-state index contributed by atoms with van der Waals surface area (Å²) in [6, 6.07) is 7.00. The van der Waals surface area contributed by atoms with Crippen LogP contribution >= 0.6 is 0 Å². The summed E-state index contributed by atoms with van der Waals surface area (Å²) in [5.74, 6) is 0.463. The van der Waals surface area contributed by atoms with E-state index in [2.05, 4.69) is 0 Å². The lowest BCUT2D eigenvalue weighted by Gasteiger charge is -2.23. The van der Waals surface area contributed by atoms with Crippen molar-refractivity contribution in [1.29, 1.82) is 0 Å². The first kappa shape index (κ1) is 14.5. The first-order valence-corrected chi connectivity index (χ1v) is 6.85. The van der Waals surface area contributed by atoms with Gasteiger partial charge in [0.25, 0.3) is 5.91 Å². The number of hydrogen-bond donors (Lipinski definition) is 1. The summed E-state index contributed by atoms with van der Waals surface area (Å²) >= 11 is 0. The molecule has 1 aliphatic heterocycles. The Kier molecular flexibility index (Phi) is 4.74. The van der Waals surface area contributed by atoms with Gasteiger partial charge in [0.15, 0.2) is 12.4 Å². The molecule has 0 spiro atoms. The molecule has 0 aromatic heterocycles. The van der Waals surface area contributed by atoms with Gasteiger partial charge in [-0.25, -0.2) is 0 Å². The van der Waals surface area contributed by atoms with Crippen molar-refractivity contribution in [3.05, 3.63) is 29.8 Å². The highest BCUT2D eigenvalue weighted by atomic mass is 16.5. The van der Waals surface area contributed by atoms with E-state index in [4.69, 9.17) is 10.5 Å². The van der Waals surface area contributed by atoms with Crippen LogP contribution in [-0.4, -0.2) is 42.3 Å². The third-order valence-electron chi connectivity index (χ3n) is 3.57. The van der Waals surface area contributed by atoms with E-state index in [1.54, 1.807) is 29.2 Å². The Morgan fingerprint density at radius 1 is 1.45 bits per heavy atom. The highest BCUT2D eigenvalue weighted by molar-refractivity contribution is 5.94. The van der Waals surface area contributed by atoms with Crippen LogP contribution in [0.25, 0.3) is 0 Å². The van der Waals surface area contributed by atoms with Crippen LogP contribution in [0, 0.1) is 0 Å². The summed E-state index contributed by atoms with van der Waals surface area (Å²) in [4.78, 5) is 25.2. The number of amides is 1. The minimum Gasteiger partial charge on any atom is -0.484 e. The number of nitrogens with zero attached hydrogens (tertiary/aromatic N) is 1. The van der Waals surface area contributed by atoms with Crippen molar-refractivity contribution in [1.82, 2.24) is 4.90 Å². The van der Waals surface area contributed by atoms with Crippen molar-refractivity contribution in [2.75, 3.05) is 19.7 Å². The number of hydrogen-bond acceptors (Lipinski definition) is 4. The van der Waals surface area contributed by atoms with Crippen LogP contribution in [0.5, 0.6) is 5.75 Å². The largest absolute Gasteiger partial charge is 0.484 e. The Morgan fingerprint density at radius 2 is 2.25 bits per heavy atom. The molecule has 2 N–H and O–H groups in total. The molecule has 1 aromatic rings. The molecule has 20 heavy (non-hydrogen) atoms. The molecular weight excluding hydrogens is 256 g/mol.